The summed E-state index contributed by atoms with van der Waals surface area (Å²) < 4.78 is 8.23. The van der Waals surface area contributed by atoms with Crippen molar-refractivity contribution in [2.24, 2.45) is 0 Å². The molecule has 0 unspecified atom stereocenters. The van der Waals surface area contributed by atoms with E-state index in [1.807, 2.05) is 24.4 Å². The summed E-state index contributed by atoms with van der Waals surface area (Å²) in [5.74, 6) is 0. The van der Waals surface area contributed by atoms with Gasteiger partial charge in [0.2, 0.25) is 0 Å². The third kappa shape index (κ3) is 1.72. The summed E-state index contributed by atoms with van der Waals surface area (Å²) in [5, 5.41) is 3.35. The highest BCUT2D eigenvalue weighted by Crippen LogP contribution is 2.23. The molecule has 1 aliphatic heterocycles. The lowest BCUT2D eigenvalue weighted by Crippen LogP contribution is -2.44. The van der Waals surface area contributed by atoms with Crippen LogP contribution >= 0.6 is 12.2 Å². The van der Waals surface area contributed by atoms with Gasteiger partial charge >= 0.3 is 0 Å². The molecular weight excluding hydrogens is 272 g/mol. The van der Waals surface area contributed by atoms with Gasteiger partial charge in [-0.25, -0.2) is 4.68 Å². The van der Waals surface area contributed by atoms with Crippen molar-refractivity contribution in [3.05, 3.63) is 35.2 Å². The molecule has 0 amide bonds. The maximum Gasteiger partial charge on any atom is 0.197 e. The van der Waals surface area contributed by atoms with Gasteiger partial charge in [0.15, 0.2) is 4.77 Å². The number of fused-ring (bicyclic) bond motifs is 3. The Bertz CT molecular complexity index is 832. The van der Waals surface area contributed by atoms with Crippen LogP contribution in [0.4, 0.5) is 0 Å². The summed E-state index contributed by atoms with van der Waals surface area (Å²) in [6.07, 6.45) is 1.85. The smallest absolute Gasteiger partial charge is 0.197 e. The third-order valence-corrected chi connectivity index (χ3v) is 3.94. The molecule has 1 N–H and O–H groups in total. The highest BCUT2D eigenvalue weighted by Gasteiger charge is 2.17. The largest absolute Gasteiger partial charge is 0.378 e. The zero-order valence-electron chi connectivity index (χ0n) is 10.9. The van der Waals surface area contributed by atoms with Gasteiger partial charge in [-0.2, -0.15) is 0 Å². The second-order valence-corrected chi connectivity index (χ2v) is 5.23. The zero-order valence-corrected chi connectivity index (χ0v) is 11.7. The molecule has 1 fully saturated rings. The van der Waals surface area contributed by atoms with E-state index < -0.39 is 0 Å². The number of nitrogens with one attached hydrogen (secondary N) is 1. The Morgan fingerprint density at radius 3 is 2.85 bits per heavy atom. The molecule has 0 aliphatic carbocycles. The molecule has 1 aliphatic rings. The lowest BCUT2D eigenvalue weighted by molar-refractivity contribution is 0.111. The number of morpholine rings is 1. The summed E-state index contributed by atoms with van der Waals surface area (Å²) in [7, 11) is 0. The fraction of sp³-hybridized carbons (Fsp3) is 0.286. The number of imidazole rings is 1. The van der Waals surface area contributed by atoms with E-state index >= 15 is 0 Å². The van der Waals surface area contributed by atoms with Gasteiger partial charge in [-0.3, -0.25) is 4.98 Å². The van der Waals surface area contributed by atoms with E-state index in [9.17, 15) is 0 Å². The highest BCUT2D eigenvalue weighted by atomic mass is 32.1. The topological polar surface area (TPSA) is 46.1 Å². The fourth-order valence-corrected chi connectivity index (χ4v) is 3.06. The van der Waals surface area contributed by atoms with Crippen LogP contribution in [0.15, 0.2) is 30.5 Å². The second-order valence-electron chi connectivity index (χ2n) is 4.85. The molecule has 3 heterocycles. The van der Waals surface area contributed by atoms with Gasteiger partial charge in [0, 0.05) is 5.39 Å². The highest BCUT2D eigenvalue weighted by molar-refractivity contribution is 7.71. The zero-order chi connectivity index (χ0) is 13.5. The number of pyridine rings is 1. The van der Waals surface area contributed by atoms with Gasteiger partial charge in [0.05, 0.1) is 49.1 Å². The van der Waals surface area contributed by atoms with Crippen molar-refractivity contribution in [1.82, 2.24) is 14.6 Å². The van der Waals surface area contributed by atoms with Crippen molar-refractivity contribution in [3.63, 3.8) is 0 Å². The van der Waals surface area contributed by atoms with Crippen molar-refractivity contribution < 1.29 is 4.74 Å². The number of H-pyrrole nitrogens is 1. The number of aromatic amines is 1. The van der Waals surface area contributed by atoms with Crippen molar-refractivity contribution in [1.29, 1.82) is 0 Å². The first-order valence-electron chi connectivity index (χ1n) is 6.66. The molecule has 4 rings (SSSR count). The number of nitrogens with zero attached hydrogens (tertiary/aromatic N) is 3. The Morgan fingerprint density at radius 1 is 1.20 bits per heavy atom. The number of aromatic nitrogens is 3. The normalized spacial score (nSPS) is 16.1. The average molecular weight is 286 g/mol. The lowest BCUT2D eigenvalue weighted by Gasteiger charge is -2.30. The standard InChI is InChI=1S/C14H14N4OS/c20-14-16-12-9-15-11-4-2-1-3-10(11)13(12)18(14)17-5-7-19-8-6-17/h1-4,9H,5-8H2,(H,16,20). The number of rotatable bonds is 1. The maximum atomic E-state index is 5.49. The summed E-state index contributed by atoms with van der Waals surface area (Å²) >= 11 is 5.49. The number of ether oxygens (including phenoxy) is 1. The van der Waals surface area contributed by atoms with E-state index in [4.69, 9.17) is 17.0 Å². The Balaban J connectivity index is 2.05. The van der Waals surface area contributed by atoms with Crippen molar-refractivity contribution in [2.75, 3.05) is 31.3 Å². The van der Waals surface area contributed by atoms with E-state index in [2.05, 4.69) is 25.7 Å². The average Bonchev–Trinajstić information content (AvgIpc) is 2.84. The number of hydrogen-bond donors (Lipinski definition) is 1. The minimum absolute atomic E-state index is 0.708. The molecule has 0 bridgehead atoms. The van der Waals surface area contributed by atoms with Crippen molar-refractivity contribution in [3.8, 4) is 0 Å². The molecule has 1 aromatic carbocycles. The van der Waals surface area contributed by atoms with Crippen LogP contribution in [0.3, 0.4) is 0 Å². The molecule has 102 valence electrons. The van der Waals surface area contributed by atoms with Crippen LogP contribution in [0.5, 0.6) is 0 Å². The number of hydrogen-bond acceptors (Lipinski definition) is 4. The number of para-hydroxylation sites is 1. The Labute approximate surface area is 120 Å². The lowest BCUT2D eigenvalue weighted by atomic mass is 10.2. The van der Waals surface area contributed by atoms with Crippen LogP contribution in [0.25, 0.3) is 21.9 Å². The molecule has 2 aromatic heterocycles. The molecule has 20 heavy (non-hydrogen) atoms. The van der Waals surface area contributed by atoms with E-state index in [1.54, 1.807) is 0 Å². The molecule has 3 aromatic rings. The predicted octanol–water partition coefficient (Wildman–Crippen LogP) is 2.22. The first kappa shape index (κ1) is 11.9. The summed E-state index contributed by atoms with van der Waals surface area (Å²) in [4.78, 5) is 7.72. The third-order valence-electron chi connectivity index (χ3n) is 3.66. The van der Waals surface area contributed by atoms with E-state index in [0.717, 1.165) is 48.2 Å². The van der Waals surface area contributed by atoms with E-state index in [-0.39, 0.29) is 0 Å². The summed E-state index contributed by atoms with van der Waals surface area (Å²) in [6, 6.07) is 8.14. The fourth-order valence-electron chi connectivity index (χ4n) is 2.74. The second kappa shape index (κ2) is 4.57. The SMILES string of the molecule is S=c1[nH]c2cnc3ccccc3c2n1N1CCOCC1. The molecule has 5 nitrogen and oxygen atoms in total. The summed E-state index contributed by atoms with van der Waals surface area (Å²) in [6.45, 7) is 3.16. The molecular formula is C14H14N4OS. The van der Waals surface area contributed by atoms with Gasteiger partial charge < -0.3 is 14.7 Å². The van der Waals surface area contributed by atoms with Gasteiger partial charge in [0.1, 0.15) is 0 Å². The molecule has 0 saturated carbocycles. The monoisotopic (exact) mass is 286 g/mol. The number of benzene rings is 1. The van der Waals surface area contributed by atoms with Gasteiger partial charge in [0.25, 0.3) is 0 Å². The molecule has 0 atom stereocenters. The van der Waals surface area contributed by atoms with Crippen molar-refractivity contribution in [2.45, 2.75) is 0 Å². The minimum atomic E-state index is 0.708. The molecule has 6 heteroatoms. The predicted molar refractivity (Wildman–Crippen MR) is 81.2 cm³/mol. The summed E-state index contributed by atoms with van der Waals surface area (Å²) in [5.41, 5.74) is 3.05. The Kier molecular flexibility index (Phi) is 2.71. The van der Waals surface area contributed by atoms with Gasteiger partial charge in [-0.15, -0.1) is 0 Å². The molecule has 0 spiro atoms. The van der Waals surface area contributed by atoms with Gasteiger partial charge in [-0.05, 0) is 18.3 Å². The maximum absolute atomic E-state index is 5.49. The Hall–Kier alpha value is -1.92. The van der Waals surface area contributed by atoms with Gasteiger partial charge in [-0.1, -0.05) is 18.2 Å². The minimum Gasteiger partial charge on any atom is -0.378 e. The van der Waals surface area contributed by atoms with Crippen molar-refractivity contribution >= 4 is 34.2 Å². The van der Waals surface area contributed by atoms with Crippen LogP contribution in [0.1, 0.15) is 0 Å². The molecule has 0 radical (unpaired) electrons. The van der Waals surface area contributed by atoms with E-state index in [0.29, 0.717) is 4.77 Å². The van der Waals surface area contributed by atoms with Crippen LogP contribution in [0, 0.1) is 4.77 Å². The van der Waals surface area contributed by atoms with Crippen LogP contribution in [-0.4, -0.2) is 40.9 Å². The van der Waals surface area contributed by atoms with E-state index in [1.165, 1.54) is 0 Å². The Morgan fingerprint density at radius 2 is 2.00 bits per heavy atom. The first-order chi connectivity index (χ1) is 9.84. The van der Waals surface area contributed by atoms with Crippen LogP contribution in [0.2, 0.25) is 0 Å². The van der Waals surface area contributed by atoms with Crippen LogP contribution < -0.4 is 5.01 Å². The van der Waals surface area contributed by atoms with Crippen LogP contribution in [-0.2, 0) is 4.74 Å². The molecule has 1 saturated heterocycles. The quantitative estimate of drug-likeness (QED) is 0.697. The first-order valence-corrected chi connectivity index (χ1v) is 7.07.